The molecule has 0 spiro atoms. The van der Waals surface area contributed by atoms with Crippen molar-refractivity contribution in [1.82, 2.24) is 10.2 Å². The molecule has 154 valence electrons. The highest BCUT2D eigenvalue weighted by atomic mass is 35.5. The Bertz CT molecular complexity index is 746. The third-order valence-corrected chi connectivity index (χ3v) is 4.96. The Morgan fingerprint density at radius 2 is 1.93 bits per heavy atom. The molecule has 0 aromatic heterocycles. The minimum absolute atomic E-state index is 0. The van der Waals surface area contributed by atoms with Crippen molar-refractivity contribution in [1.29, 1.82) is 5.26 Å². The number of nitrogens with one attached hydrogen (secondary N) is 1. The van der Waals surface area contributed by atoms with Crippen LogP contribution in [0.5, 0.6) is 0 Å². The Kier molecular flexibility index (Phi) is 8.00. The number of rotatable bonds is 4. The lowest BCUT2D eigenvalue weighted by Crippen LogP contribution is -3.00. The average Bonchev–Trinajstić information content (AvgIpc) is 3.01. The number of hydrogen-bond acceptors (Lipinski definition) is 5. The summed E-state index contributed by atoms with van der Waals surface area (Å²) in [4.78, 5) is 26.9. The Morgan fingerprint density at radius 3 is 2.43 bits per heavy atom. The first kappa shape index (κ1) is 23.9. The van der Waals surface area contributed by atoms with E-state index in [0.29, 0.717) is 5.56 Å². The van der Waals surface area contributed by atoms with Crippen molar-refractivity contribution >= 4 is 11.8 Å². The van der Waals surface area contributed by atoms with Gasteiger partial charge in [0.15, 0.2) is 0 Å². The first-order valence-electron chi connectivity index (χ1n) is 9.09. The number of likely N-dealkylation sites (tertiary alicyclic amines) is 1. The van der Waals surface area contributed by atoms with Gasteiger partial charge < -0.3 is 33.5 Å². The number of nitrogens with two attached hydrogens (primary N) is 1. The molecule has 0 unspecified atom stereocenters. The summed E-state index contributed by atoms with van der Waals surface area (Å²) in [6.07, 6.45) is -0.559. The van der Waals surface area contributed by atoms with Crippen molar-refractivity contribution in [2.45, 2.75) is 58.3 Å². The number of nitrogens with zero attached hydrogens (tertiary/aromatic N) is 2. The number of halogens is 1. The minimum Gasteiger partial charge on any atom is -1.00 e. The van der Waals surface area contributed by atoms with Gasteiger partial charge in [-0.05, 0) is 30.0 Å². The van der Waals surface area contributed by atoms with Gasteiger partial charge in [-0.25, -0.2) is 0 Å². The van der Waals surface area contributed by atoms with Crippen LogP contribution in [0.1, 0.15) is 52.7 Å². The van der Waals surface area contributed by atoms with E-state index < -0.39 is 23.6 Å². The van der Waals surface area contributed by atoms with Crippen LogP contribution >= 0.6 is 0 Å². The Morgan fingerprint density at radius 1 is 1.36 bits per heavy atom. The number of aliphatic hydroxyl groups excluding tert-OH is 1. The maximum absolute atomic E-state index is 12.8. The van der Waals surface area contributed by atoms with Crippen LogP contribution in [0.25, 0.3) is 0 Å². The molecular formula is C20H29ClN4O3. The van der Waals surface area contributed by atoms with Gasteiger partial charge in [-0.1, -0.05) is 32.9 Å². The lowest BCUT2D eigenvalue weighted by atomic mass is 9.86. The summed E-state index contributed by atoms with van der Waals surface area (Å²) in [6.45, 7) is 7.53. The van der Waals surface area contributed by atoms with E-state index in [4.69, 9.17) is 11.0 Å². The standard InChI is InChI=1S/C20H28N4O3.ClH/c1-12(14-7-5-13(10-21)6-8-14)23-18(26)16-9-15(25)11-24(16)19(27)17(22)20(2,3)4;/h5-8,12,15-17,25H,9,11,22H2,1-4H3,(H,23,26);1H/t12-,15+,16-,17+;/m0./s1. The van der Waals surface area contributed by atoms with E-state index >= 15 is 0 Å². The second kappa shape index (κ2) is 9.37. The molecule has 0 radical (unpaired) electrons. The molecule has 2 amide bonds. The molecule has 1 saturated heterocycles. The van der Waals surface area contributed by atoms with Crippen LogP contribution in [0.3, 0.4) is 0 Å². The van der Waals surface area contributed by atoms with Gasteiger partial charge in [-0.15, -0.1) is 0 Å². The number of hydrogen-bond donors (Lipinski definition) is 3. The zero-order valence-electron chi connectivity index (χ0n) is 17.6. The summed E-state index contributed by atoms with van der Waals surface area (Å²) in [5, 5.41) is 21.8. The van der Waals surface area contributed by atoms with E-state index in [9.17, 15) is 14.7 Å². The van der Waals surface area contributed by atoms with E-state index in [1.54, 1.807) is 24.3 Å². The van der Waals surface area contributed by atoms with Crippen LogP contribution < -0.4 is 23.5 Å². The SMILES string of the molecule is C[C@H](NC(=O)[C@@H]1C[C@@H](O)CN1C(=O)[C@@H](N)C(C)(C)C)c1ccc(C#N)cc1.[Cl-].[H+]. The topological polar surface area (TPSA) is 119 Å². The van der Waals surface area contributed by atoms with E-state index in [-0.39, 0.29) is 44.7 Å². The molecule has 0 aliphatic carbocycles. The molecule has 1 heterocycles. The zero-order valence-corrected chi connectivity index (χ0v) is 17.4. The summed E-state index contributed by atoms with van der Waals surface area (Å²) in [5.74, 6) is -0.650. The molecule has 2 rings (SSSR count). The lowest BCUT2D eigenvalue weighted by Gasteiger charge is -2.32. The summed E-state index contributed by atoms with van der Waals surface area (Å²) in [5.41, 5.74) is 7.03. The fourth-order valence-corrected chi connectivity index (χ4v) is 3.09. The molecule has 8 heteroatoms. The quantitative estimate of drug-likeness (QED) is 0.542. The van der Waals surface area contributed by atoms with Gasteiger partial charge in [0.05, 0.1) is 29.8 Å². The summed E-state index contributed by atoms with van der Waals surface area (Å²) in [7, 11) is 0. The first-order chi connectivity index (χ1) is 12.5. The van der Waals surface area contributed by atoms with Crippen molar-refractivity contribution < 1.29 is 28.5 Å². The summed E-state index contributed by atoms with van der Waals surface area (Å²) in [6, 6.07) is 7.20. The van der Waals surface area contributed by atoms with Gasteiger partial charge in [0, 0.05) is 13.0 Å². The first-order valence-corrected chi connectivity index (χ1v) is 9.09. The number of benzene rings is 1. The Hall–Kier alpha value is -2.14. The van der Waals surface area contributed by atoms with Gasteiger partial charge >= 0.3 is 1.43 Å². The predicted molar refractivity (Wildman–Crippen MR) is 102 cm³/mol. The molecular weight excluding hydrogens is 380 g/mol. The van der Waals surface area contributed by atoms with E-state index in [1.165, 1.54) is 4.90 Å². The number of amides is 2. The van der Waals surface area contributed by atoms with Crippen molar-refractivity contribution in [2.24, 2.45) is 11.1 Å². The van der Waals surface area contributed by atoms with Crippen LogP contribution in [-0.4, -0.2) is 46.6 Å². The number of nitriles is 1. The maximum Gasteiger partial charge on any atom is 1.00 e. The van der Waals surface area contributed by atoms with Crippen LogP contribution in [0, 0.1) is 16.7 Å². The summed E-state index contributed by atoms with van der Waals surface area (Å²) < 4.78 is 0. The molecule has 1 aliphatic rings. The fraction of sp³-hybridized carbons (Fsp3) is 0.550. The number of β-amino-alcohol motifs (C(OH)–C–C–N with tert-alkyl or cyclic N) is 1. The molecule has 1 aromatic rings. The number of aliphatic hydroxyl groups is 1. The van der Waals surface area contributed by atoms with Gasteiger partial charge in [-0.2, -0.15) is 5.26 Å². The van der Waals surface area contributed by atoms with Crippen molar-refractivity contribution in [3.8, 4) is 6.07 Å². The second-order valence-corrected chi connectivity index (χ2v) is 8.20. The van der Waals surface area contributed by atoms with Crippen LogP contribution in [-0.2, 0) is 9.59 Å². The lowest BCUT2D eigenvalue weighted by molar-refractivity contribution is -0.141. The second-order valence-electron chi connectivity index (χ2n) is 8.20. The van der Waals surface area contributed by atoms with Crippen molar-refractivity contribution in [2.75, 3.05) is 6.54 Å². The summed E-state index contributed by atoms with van der Waals surface area (Å²) >= 11 is 0. The predicted octanol–water partition coefficient (Wildman–Crippen LogP) is -1.81. The smallest absolute Gasteiger partial charge is 1.00 e. The molecule has 0 bridgehead atoms. The number of carbonyl (C=O) groups is 2. The number of carbonyl (C=O) groups excluding carboxylic acids is 2. The highest BCUT2D eigenvalue weighted by Gasteiger charge is 2.42. The van der Waals surface area contributed by atoms with E-state index in [2.05, 4.69) is 11.4 Å². The molecule has 1 aromatic carbocycles. The van der Waals surface area contributed by atoms with Gasteiger partial charge in [0.25, 0.3) is 0 Å². The van der Waals surface area contributed by atoms with Crippen LogP contribution in [0.4, 0.5) is 0 Å². The third-order valence-electron chi connectivity index (χ3n) is 4.96. The molecule has 0 saturated carbocycles. The Balaban J connectivity index is 0.00000392. The molecule has 7 nitrogen and oxygen atoms in total. The highest BCUT2D eigenvalue weighted by molar-refractivity contribution is 5.91. The van der Waals surface area contributed by atoms with Crippen molar-refractivity contribution in [3.05, 3.63) is 35.4 Å². The fourth-order valence-electron chi connectivity index (χ4n) is 3.09. The Labute approximate surface area is 173 Å². The van der Waals surface area contributed by atoms with Gasteiger partial charge in [0.2, 0.25) is 11.8 Å². The van der Waals surface area contributed by atoms with Gasteiger partial charge in [-0.3, -0.25) is 9.59 Å². The highest BCUT2D eigenvalue weighted by Crippen LogP contribution is 2.25. The molecule has 1 aliphatic heterocycles. The molecule has 1 fully saturated rings. The third kappa shape index (κ3) is 5.44. The normalized spacial score (nSPS) is 21.2. The largest absolute Gasteiger partial charge is 1.00 e. The maximum atomic E-state index is 12.8. The molecule has 4 atom stereocenters. The van der Waals surface area contributed by atoms with Gasteiger partial charge in [0.1, 0.15) is 6.04 Å². The van der Waals surface area contributed by atoms with E-state index in [1.807, 2.05) is 27.7 Å². The molecule has 28 heavy (non-hydrogen) atoms. The van der Waals surface area contributed by atoms with Crippen molar-refractivity contribution in [3.63, 3.8) is 0 Å². The average molecular weight is 409 g/mol. The minimum atomic E-state index is -0.756. The zero-order chi connectivity index (χ0) is 20.4. The van der Waals surface area contributed by atoms with Crippen LogP contribution in [0.15, 0.2) is 24.3 Å². The van der Waals surface area contributed by atoms with E-state index in [0.717, 1.165) is 5.56 Å². The monoisotopic (exact) mass is 408 g/mol. The molecule has 4 N–H and O–H groups in total. The van der Waals surface area contributed by atoms with Crippen LogP contribution in [0.2, 0.25) is 0 Å².